The fourth-order valence-corrected chi connectivity index (χ4v) is 11.6. The summed E-state index contributed by atoms with van der Waals surface area (Å²) >= 11 is 1.17. The number of carbonyl (C=O) groups excluding carboxylic acids is 2. The zero-order valence-corrected chi connectivity index (χ0v) is 23.9. The molecule has 1 aliphatic heterocycles. The van der Waals surface area contributed by atoms with Crippen LogP contribution in [0.4, 0.5) is 14.9 Å². The normalized spacial score (nSPS) is 16.0. The van der Waals surface area contributed by atoms with E-state index in [9.17, 15) is 19.2 Å². The van der Waals surface area contributed by atoms with Gasteiger partial charge in [-0.25, -0.2) is 9.18 Å². The van der Waals surface area contributed by atoms with Gasteiger partial charge in [-0.15, -0.1) is 11.8 Å². The van der Waals surface area contributed by atoms with Crippen molar-refractivity contribution in [1.82, 2.24) is 0 Å². The fraction of sp³-hybridized carbons (Fsp3) is 0.444. The van der Waals surface area contributed by atoms with E-state index in [1.54, 1.807) is 0 Å². The van der Waals surface area contributed by atoms with E-state index >= 15 is 0 Å². The number of thioether (sulfide) groups is 1. The SMILES string of the molecule is CC(C)[Si](Oc1ccc(CN2C(=O)[C@@H](OC(N)=O)CSc3cc(F)c(C#N)cc32)cc1)(C(C)C)C(C)C. The van der Waals surface area contributed by atoms with E-state index in [1.807, 2.05) is 30.3 Å². The van der Waals surface area contributed by atoms with Gasteiger partial charge in [-0.1, -0.05) is 53.7 Å². The molecule has 0 radical (unpaired) electrons. The smallest absolute Gasteiger partial charge is 0.405 e. The largest absolute Gasteiger partial charge is 0.543 e. The van der Waals surface area contributed by atoms with Crippen LogP contribution >= 0.6 is 11.8 Å². The van der Waals surface area contributed by atoms with E-state index in [4.69, 9.17) is 14.9 Å². The molecule has 2 aromatic carbocycles. The number of ether oxygens (including phenoxy) is 1. The predicted octanol–water partition coefficient (Wildman–Crippen LogP) is 6.35. The number of fused-ring (bicyclic) bond motifs is 1. The molecular formula is C27H34FN3O4SSi. The van der Waals surface area contributed by atoms with Crippen LogP contribution in [0.5, 0.6) is 5.75 Å². The minimum absolute atomic E-state index is 0.0791. The second kappa shape index (κ2) is 11.6. The predicted molar refractivity (Wildman–Crippen MR) is 146 cm³/mol. The quantitative estimate of drug-likeness (QED) is 0.389. The van der Waals surface area contributed by atoms with Crippen LogP contribution in [0, 0.1) is 17.1 Å². The standard InChI is InChI=1S/C27H34FN3O4SSi/c1-16(2)37(17(3)4,18(5)6)35-21-9-7-19(8-10-21)14-31-23-11-20(13-29)22(28)12-25(23)36-15-24(26(31)32)34-27(30)33/h7-12,16-18,24H,14-15H2,1-6H3,(H2,30,33)/t24-/m0/s1. The first-order chi connectivity index (χ1) is 17.4. The number of carbonyl (C=O) groups is 2. The molecule has 10 heteroatoms. The number of amides is 2. The van der Waals surface area contributed by atoms with Crippen molar-refractivity contribution in [3.63, 3.8) is 0 Å². The number of nitrogens with two attached hydrogens (primary N) is 1. The Morgan fingerprint density at radius 3 is 2.27 bits per heavy atom. The molecule has 0 unspecified atom stereocenters. The van der Waals surface area contributed by atoms with Crippen LogP contribution in [0.15, 0.2) is 41.3 Å². The molecule has 0 aliphatic carbocycles. The van der Waals surface area contributed by atoms with Crippen LogP contribution in [0.3, 0.4) is 0 Å². The fourth-order valence-electron chi connectivity index (χ4n) is 5.28. The number of benzene rings is 2. The van der Waals surface area contributed by atoms with Crippen molar-refractivity contribution in [2.24, 2.45) is 5.73 Å². The molecule has 1 heterocycles. The van der Waals surface area contributed by atoms with Crippen LogP contribution in [0.1, 0.15) is 52.7 Å². The molecular weight excluding hydrogens is 509 g/mol. The second-order valence-electron chi connectivity index (χ2n) is 10.1. The molecule has 0 fully saturated rings. The molecule has 0 spiro atoms. The van der Waals surface area contributed by atoms with E-state index in [1.165, 1.54) is 28.8 Å². The Labute approximate surface area is 223 Å². The zero-order valence-electron chi connectivity index (χ0n) is 22.1. The summed E-state index contributed by atoms with van der Waals surface area (Å²) in [4.78, 5) is 26.7. The first kappa shape index (κ1) is 28.5. The van der Waals surface area contributed by atoms with Crippen molar-refractivity contribution in [1.29, 1.82) is 5.26 Å². The van der Waals surface area contributed by atoms with Crippen molar-refractivity contribution in [2.75, 3.05) is 10.7 Å². The molecule has 0 bridgehead atoms. The number of nitriles is 1. The monoisotopic (exact) mass is 543 g/mol. The molecule has 7 nitrogen and oxygen atoms in total. The highest BCUT2D eigenvalue weighted by Crippen LogP contribution is 2.43. The van der Waals surface area contributed by atoms with Crippen LogP contribution in [-0.2, 0) is 16.1 Å². The molecule has 0 saturated carbocycles. The van der Waals surface area contributed by atoms with Crippen molar-refractivity contribution in [3.05, 3.63) is 53.3 Å². The summed E-state index contributed by atoms with van der Waals surface area (Å²) < 4.78 is 26.2. The number of primary amides is 1. The van der Waals surface area contributed by atoms with Gasteiger partial charge in [0.2, 0.25) is 0 Å². The topological polar surface area (TPSA) is 106 Å². The van der Waals surface area contributed by atoms with Crippen molar-refractivity contribution in [2.45, 2.75) is 75.7 Å². The lowest BCUT2D eigenvalue weighted by atomic mass is 10.1. The van der Waals surface area contributed by atoms with Crippen molar-refractivity contribution < 1.29 is 23.1 Å². The highest BCUT2D eigenvalue weighted by atomic mass is 32.2. The molecule has 1 atom stereocenters. The highest BCUT2D eigenvalue weighted by molar-refractivity contribution is 7.99. The minimum Gasteiger partial charge on any atom is -0.543 e. The Kier molecular flexibility index (Phi) is 8.92. The minimum atomic E-state index is -2.13. The summed E-state index contributed by atoms with van der Waals surface area (Å²) in [6.07, 6.45) is -2.20. The molecule has 1 aliphatic rings. The van der Waals surface area contributed by atoms with Gasteiger partial charge in [0, 0.05) is 10.6 Å². The first-order valence-corrected chi connectivity index (χ1v) is 15.4. The van der Waals surface area contributed by atoms with Gasteiger partial charge in [-0.3, -0.25) is 4.79 Å². The van der Waals surface area contributed by atoms with Gasteiger partial charge < -0.3 is 19.8 Å². The molecule has 37 heavy (non-hydrogen) atoms. The lowest BCUT2D eigenvalue weighted by Gasteiger charge is -2.42. The lowest BCUT2D eigenvalue weighted by Crippen LogP contribution is -2.50. The van der Waals surface area contributed by atoms with Gasteiger partial charge >= 0.3 is 6.09 Å². The van der Waals surface area contributed by atoms with Gasteiger partial charge in [-0.2, -0.15) is 5.26 Å². The van der Waals surface area contributed by atoms with Crippen molar-refractivity contribution >= 4 is 37.8 Å². The summed E-state index contributed by atoms with van der Waals surface area (Å²) in [6, 6.07) is 12.0. The van der Waals surface area contributed by atoms with Gasteiger partial charge in [-0.05, 0) is 46.5 Å². The third-order valence-electron chi connectivity index (χ3n) is 6.92. The lowest BCUT2D eigenvalue weighted by molar-refractivity contribution is -0.125. The van der Waals surface area contributed by atoms with Crippen LogP contribution in [-0.4, -0.2) is 32.2 Å². The molecule has 2 aromatic rings. The first-order valence-electron chi connectivity index (χ1n) is 12.3. The van der Waals surface area contributed by atoms with E-state index in [-0.39, 0.29) is 17.9 Å². The Morgan fingerprint density at radius 2 is 1.76 bits per heavy atom. The average molecular weight is 544 g/mol. The third-order valence-corrected chi connectivity index (χ3v) is 14.0. The maximum atomic E-state index is 14.4. The average Bonchev–Trinajstić information content (AvgIpc) is 2.94. The number of nitrogens with zero attached hydrogens (tertiary/aromatic N) is 2. The number of hydrogen-bond donors (Lipinski definition) is 1. The molecule has 198 valence electrons. The Hall–Kier alpha value is -3.03. The van der Waals surface area contributed by atoms with Gasteiger partial charge in [0.15, 0.2) is 6.10 Å². The Bertz CT molecular complexity index is 1180. The van der Waals surface area contributed by atoms with Crippen molar-refractivity contribution in [3.8, 4) is 11.8 Å². The zero-order chi connectivity index (χ0) is 27.5. The Balaban J connectivity index is 1.95. The van der Waals surface area contributed by atoms with E-state index in [0.29, 0.717) is 27.2 Å². The Morgan fingerprint density at radius 1 is 1.16 bits per heavy atom. The summed E-state index contributed by atoms with van der Waals surface area (Å²) in [6.45, 7) is 13.5. The summed E-state index contributed by atoms with van der Waals surface area (Å²) in [5.41, 5.74) is 7.46. The van der Waals surface area contributed by atoms with E-state index in [0.717, 1.165) is 11.3 Å². The number of hydrogen-bond acceptors (Lipinski definition) is 6. The van der Waals surface area contributed by atoms with E-state index in [2.05, 4.69) is 41.5 Å². The number of halogens is 1. The van der Waals surface area contributed by atoms with Gasteiger partial charge in [0.25, 0.3) is 14.2 Å². The summed E-state index contributed by atoms with van der Waals surface area (Å²) in [5, 5.41) is 9.35. The molecule has 2 N–H and O–H groups in total. The number of rotatable bonds is 8. The van der Waals surface area contributed by atoms with Crippen LogP contribution in [0.2, 0.25) is 16.6 Å². The third kappa shape index (κ3) is 5.94. The molecule has 2 amide bonds. The summed E-state index contributed by atoms with van der Waals surface area (Å²) in [7, 11) is -2.13. The second-order valence-corrected chi connectivity index (χ2v) is 16.6. The van der Waals surface area contributed by atoms with Crippen LogP contribution < -0.4 is 15.1 Å². The van der Waals surface area contributed by atoms with Crippen LogP contribution in [0.25, 0.3) is 0 Å². The molecule has 0 saturated heterocycles. The molecule has 3 rings (SSSR count). The van der Waals surface area contributed by atoms with Gasteiger partial charge in [0.05, 0.1) is 17.8 Å². The number of anilines is 1. The molecule has 0 aromatic heterocycles. The highest BCUT2D eigenvalue weighted by Gasteiger charge is 2.47. The maximum Gasteiger partial charge on any atom is 0.405 e. The van der Waals surface area contributed by atoms with Gasteiger partial charge in [0.1, 0.15) is 17.6 Å². The van der Waals surface area contributed by atoms with E-state index < -0.39 is 32.2 Å². The summed E-state index contributed by atoms with van der Waals surface area (Å²) in [5.74, 6) is -0.305. The maximum absolute atomic E-state index is 14.4.